The summed E-state index contributed by atoms with van der Waals surface area (Å²) in [4.78, 5) is 15.8. The standard InChI is InChI=1S/C14H12N4O2/c19-14(13-5-2-6-20-13)17-12-4-1-3-11(7-12)8-18-10-15-9-16-18/h1-7,9-10H,8H2,(H,17,19). The molecule has 2 heterocycles. The van der Waals surface area contributed by atoms with E-state index in [1.165, 1.54) is 12.6 Å². The van der Waals surface area contributed by atoms with Crippen LogP contribution >= 0.6 is 0 Å². The van der Waals surface area contributed by atoms with Crippen molar-refractivity contribution < 1.29 is 9.21 Å². The van der Waals surface area contributed by atoms with Crippen molar-refractivity contribution in [3.8, 4) is 0 Å². The average Bonchev–Trinajstić information content (AvgIpc) is 3.12. The molecule has 0 bridgehead atoms. The van der Waals surface area contributed by atoms with Crippen LogP contribution in [0.25, 0.3) is 0 Å². The summed E-state index contributed by atoms with van der Waals surface area (Å²) in [6.07, 6.45) is 4.60. The summed E-state index contributed by atoms with van der Waals surface area (Å²) < 4.78 is 6.76. The highest BCUT2D eigenvalue weighted by atomic mass is 16.3. The van der Waals surface area contributed by atoms with Crippen LogP contribution in [0, 0.1) is 0 Å². The number of furan rings is 1. The molecule has 2 aromatic heterocycles. The van der Waals surface area contributed by atoms with E-state index < -0.39 is 0 Å². The van der Waals surface area contributed by atoms with E-state index in [1.54, 1.807) is 23.1 Å². The summed E-state index contributed by atoms with van der Waals surface area (Å²) in [5, 5.41) is 6.83. The van der Waals surface area contributed by atoms with Gasteiger partial charge in [-0.25, -0.2) is 9.67 Å². The van der Waals surface area contributed by atoms with Crippen LogP contribution in [-0.2, 0) is 6.54 Å². The van der Waals surface area contributed by atoms with Crippen LogP contribution in [0.3, 0.4) is 0 Å². The van der Waals surface area contributed by atoms with Crippen molar-refractivity contribution in [1.82, 2.24) is 14.8 Å². The number of rotatable bonds is 4. The Morgan fingerprint density at radius 3 is 3.00 bits per heavy atom. The maximum Gasteiger partial charge on any atom is 0.291 e. The number of carbonyl (C=O) groups excluding carboxylic acids is 1. The Hall–Kier alpha value is -2.89. The maximum atomic E-state index is 11.9. The third-order valence-corrected chi connectivity index (χ3v) is 2.74. The van der Waals surface area contributed by atoms with Crippen molar-refractivity contribution in [3.63, 3.8) is 0 Å². The van der Waals surface area contributed by atoms with Gasteiger partial charge in [-0.3, -0.25) is 4.79 Å². The summed E-state index contributed by atoms with van der Waals surface area (Å²) >= 11 is 0. The van der Waals surface area contributed by atoms with Crippen LogP contribution in [-0.4, -0.2) is 20.7 Å². The Morgan fingerprint density at radius 2 is 2.25 bits per heavy atom. The first-order chi connectivity index (χ1) is 9.81. The molecule has 1 N–H and O–H groups in total. The summed E-state index contributed by atoms with van der Waals surface area (Å²) in [6, 6.07) is 10.9. The molecule has 20 heavy (non-hydrogen) atoms. The van der Waals surface area contributed by atoms with Gasteiger partial charge >= 0.3 is 0 Å². The van der Waals surface area contributed by atoms with Gasteiger partial charge in [-0.2, -0.15) is 5.10 Å². The maximum absolute atomic E-state index is 11.9. The van der Waals surface area contributed by atoms with Gasteiger partial charge in [-0.1, -0.05) is 12.1 Å². The molecule has 0 saturated heterocycles. The van der Waals surface area contributed by atoms with Crippen molar-refractivity contribution in [2.45, 2.75) is 6.54 Å². The minimum atomic E-state index is -0.270. The number of nitrogens with zero attached hydrogens (tertiary/aromatic N) is 3. The second-order valence-corrected chi connectivity index (χ2v) is 4.22. The van der Waals surface area contributed by atoms with Crippen molar-refractivity contribution >= 4 is 11.6 Å². The molecule has 6 nitrogen and oxygen atoms in total. The molecule has 0 aliphatic carbocycles. The summed E-state index contributed by atoms with van der Waals surface area (Å²) in [7, 11) is 0. The zero-order valence-electron chi connectivity index (χ0n) is 10.6. The molecule has 0 unspecified atom stereocenters. The van der Waals surface area contributed by atoms with Gasteiger partial charge in [-0.05, 0) is 29.8 Å². The van der Waals surface area contributed by atoms with Crippen molar-refractivity contribution in [1.29, 1.82) is 0 Å². The highest BCUT2D eigenvalue weighted by molar-refractivity contribution is 6.02. The SMILES string of the molecule is O=C(Nc1cccc(Cn2cncn2)c1)c1ccco1. The van der Waals surface area contributed by atoms with Gasteiger partial charge in [0.25, 0.3) is 5.91 Å². The lowest BCUT2D eigenvalue weighted by Gasteiger charge is -2.06. The first-order valence-corrected chi connectivity index (χ1v) is 6.07. The third kappa shape index (κ3) is 2.74. The predicted octanol–water partition coefficient (Wildman–Crippen LogP) is 2.17. The van der Waals surface area contributed by atoms with E-state index in [0.29, 0.717) is 12.2 Å². The molecule has 0 atom stereocenters. The number of hydrogen-bond donors (Lipinski definition) is 1. The van der Waals surface area contributed by atoms with Gasteiger partial charge in [0, 0.05) is 5.69 Å². The normalized spacial score (nSPS) is 10.4. The smallest absolute Gasteiger partial charge is 0.291 e. The zero-order valence-corrected chi connectivity index (χ0v) is 10.6. The highest BCUT2D eigenvalue weighted by Gasteiger charge is 2.08. The molecule has 100 valence electrons. The number of carbonyl (C=O) groups is 1. The fraction of sp³-hybridized carbons (Fsp3) is 0.0714. The zero-order chi connectivity index (χ0) is 13.8. The van der Waals surface area contributed by atoms with Gasteiger partial charge in [0.2, 0.25) is 0 Å². The van der Waals surface area contributed by atoms with Gasteiger partial charge < -0.3 is 9.73 Å². The van der Waals surface area contributed by atoms with E-state index in [1.807, 2.05) is 24.3 Å². The molecule has 0 aliphatic heterocycles. The molecule has 0 saturated carbocycles. The minimum absolute atomic E-state index is 0.270. The van der Waals surface area contributed by atoms with Crippen LogP contribution in [0.1, 0.15) is 16.1 Å². The molecule has 0 aliphatic rings. The molecule has 0 radical (unpaired) electrons. The van der Waals surface area contributed by atoms with E-state index in [2.05, 4.69) is 15.4 Å². The molecule has 3 rings (SSSR count). The minimum Gasteiger partial charge on any atom is -0.459 e. The lowest BCUT2D eigenvalue weighted by molar-refractivity contribution is 0.0996. The van der Waals surface area contributed by atoms with Crippen LogP contribution in [0.15, 0.2) is 59.7 Å². The number of amides is 1. The van der Waals surface area contributed by atoms with E-state index >= 15 is 0 Å². The number of anilines is 1. The van der Waals surface area contributed by atoms with Gasteiger partial charge in [0.15, 0.2) is 5.76 Å². The number of nitrogens with one attached hydrogen (secondary N) is 1. The highest BCUT2D eigenvalue weighted by Crippen LogP contribution is 2.13. The van der Waals surface area contributed by atoms with Crippen molar-refractivity contribution in [3.05, 3.63) is 66.6 Å². The van der Waals surface area contributed by atoms with E-state index in [4.69, 9.17) is 4.42 Å². The number of benzene rings is 1. The lowest BCUT2D eigenvalue weighted by atomic mass is 10.2. The third-order valence-electron chi connectivity index (χ3n) is 2.74. The van der Waals surface area contributed by atoms with Gasteiger partial charge in [0.1, 0.15) is 12.7 Å². The Bertz CT molecular complexity index is 690. The van der Waals surface area contributed by atoms with Crippen molar-refractivity contribution in [2.24, 2.45) is 0 Å². The molecule has 1 amide bonds. The lowest BCUT2D eigenvalue weighted by Crippen LogP contribution is -2.11. The summed E-state index contributed by atoms with van der Waals surface area (Å²) in [5.74, 6) is 0.0135. The van der Waals surface area contributed by atoms with E-state index in [0.717, 1.165) is 5.56 Å². The summed E-state index contributed by atoms with van der Waals surface area (Å²) in [5.41, 5.74) is 1.73. The topological polar surface area (TPSA) is 73.0 Å². The van der Waals surface area contributed by atoms with Crippen LogP contribution in [0.5, 0.6) is 0 Å². The first-order valence-electron chi connectivity index (χ1n) is 6.07. The van der Waals surface area contributed by atoms with Crippen LogP contribution in [0.2, 0.25) is 0 Å². The van der Waals surface area contributed by atoms with Crippen LogP contribution in [0.4, 0.5) is 5.69 Å². The summed E-state index contributed by atoms with van der Waals surface area (Å²) in [6.45, 7) is 0.602. The molecule has 1 aromatic carbocycles. The Labute approximate surface area is 115 Å². The number of aromatic nitrogens is 3. The molecular formula is C14H12N4O2. The second kappa shape index (κ2) is 5.40. The quantitative estimate of drug-likeness (QED) is 0.787. The van der Waals surface area contributed by atoms with Crippen LogP contribution < -0.4 is 5.32 Å². The predicted molar refractivity (Wildman–Crippen MR) is 72.2 cm³/mol. The molecule has 0 fully saturated rings. The van der Waals surface area contributed by atoms with Gasteiger partial charge in [0.05, 0.1) is 12.8 Å². The average molecular weight is 268 g/mol. The molecule has 0 spiro atoms. The van der Waals surface area contributed by atoms with E-state index in [9.17, 15) is 4.79 Å². The van der Waals surface area contributed by atoms with E-state index in [-0.39, 0.29) is 11.7 Å². The Balaban J connectivity index is 1.73. The Kier molecular flexibility index (Phi) is 3.28. The van der Waals surface area contributed by atoms with Crippen molar-refractivity contribution in [2.75, 3.05) is 5.32 Å². The fourth-order valence-electron chi connectivity index (χ4n) is 1.85. The first kappa shape index (κ1) is 12.2. The fourth-order valence-corrected chi connectivity index (χ4v) is 1.85. The second-order valence-electron chi connectivity index (χ2n) is 4.22. The monoisotopic (exact) mass is 268 g/mol. The molecular weight excluding hydrogens is 256 g/mol. The molecule has 6 heteroatoms. The van der Waals surface area contributed by atoms with Gasteiger partial charge in [-0.15, -0.1) is 0 Å². The Morgan fingerprint density at radius 1 is 1.30 bits per heavy atom. The number of hydrogen-bond acceptors (Lipinski definition) is 4. The molecule has 3 aromatic rings. The largest absolute Gasteiger partial charge is 0.459 e.